The van der Waals surface area contributed by atoms with Crippen LogP contribution in [0.1, 0.15) is 42.9 Å². The highest BCUT2D eigenvalue weighted by atomic mass is 16.3. The molecule has 6 N–H and O–H groups in total. The van der Waals surface area contributed by atoms with Gasteiger partial charge in [0.1, 0.15) is 22.8 Å². The van der Waals surface area contributed by atoms with E-state index >= 15 is 0 Å². The van der Waals surface area contributed by atoms with E-state index in [2.05, 4.69) is 11.8 Å². The van der Waals surface area contributed by atoms with Gasteiger partial charge in [-0.1, -0.05) is 6.92 Å². The summed E-state index contributed by atoms with van der Waals surface area (Å²) in [5.74, 6) is -6.48. The number of aromatic hydroxyl groups is 1. The van der Waals surface area contributed by atoms with E-state index in [-0.39, 0.29) is 29.7 Å². The Morgan fingerprint density at radius 2 is 1.77 bits per heavy atom. The van der Waals surface area contributed by atoms with Crippen LogP contribution in [-0.2, 0) is 27.3 Å². The number of aliphatic hydroxyl groups excluding tert-OH is 2. The van der Waals surface area contributed by atoms with Crippen molar-refractivity contribution in [2.24, 2.45) is 17.6 Å². The number of carbonyl (C=O) groups excluding carboxylic acids is 3. The predicted octanol–water partition coefficient (Wildman–Crippen LogP) is 1.01. The summed E-state index contributed by atoms with van der Waals surface area (Å²) in [5.41, 5.74) is 4.30. The van der Waals surface area contributed by atoms with Crippen LogP contribution in [0.25, 0.3) is 5.76 Å². The number of aliphatic hydroxyl groups is 3. The van der Waals surface area contributed by atoms with Gasteiger partial charge in [-0.05, 0) is 69.4 Å². The molecule has 4 aliphatic rings. The molecule has 0 aliphatic heterocycles. The zero-order valence-corrected chi connectivity index (χ0v) is 23.6. The summed E-state index contributed by atoms with van der Waals surface area (Å²) in [5, 5.41) is 45.4. The highest BCUT2D eigenvalue weighted by molar-refractivity contribution is 6.24. The first-order chi connectivity index (χ1) is 18.7. The number of primary amides is 1. The first-order valence-electron chi connectivity index (χ1n) is 13.7. The Morgan fingerprint density at radius 1 is 1.12 bits per heavy atom. The number of nitrogens with zero attached hydrogens (tertiary/aromatic N) is 3. The molecule has 0 unspecified atom stereocenters. The molecule has 2 fully saturated rings. The third-order valence-electron chi connectivity index (χ3n) is 9.06. The SMILES string of the molecule is CCN(Cc1cc(O)c2c(c1N(C)C)C[C@H]1C[C@H]3[C@H](N(C)C)C(=O)C(C(N)=O)=C(O)[C@@]3(O)C(=O)C1=C2O)C1CC1. The Kier molecular flexibility index (Phi) is 6.75. The molecule has 216 valence electrons. The van der Waals surface area contributed by atoms with Crippen LogP contribution in [0.5, 0.6) is 5.75 Å². The van der Waals surface area contributed by atoms with Gasteiger partial charge in [0.15, 0.2) is 11.4 Å². The molecule has 1 amide bonds. The maximum atomic E-state index is 14.0. The lowest BCUT2D eigenvalue weighted by Gasteiger charge is -2.50. The number of hydrogen-bond donors (Lipinski definition) is 5. The second-order valence-electron chi connectivity index (χ2n) is 11.9. The lowest BCUT2D eigenvalue weighted by Crippen LogP contribution is -2.65. The van der Waals surface area contributed by atoms with Crippen molar-refractivity contribution in [1.29, 1.82) is 0 Å². The number of hydrogen-bond acceptors (Lipinski definition) is 10. The number of likely N-dealkylation sites (N-methyl/N-ethyl adjacent to an activating group) is 1. The lowest BCUT2D eigenvalue weighted by molar-refractivity contribution is -0.153. The number of carbonyl (C=O) groups is 3. The quantitative estimate of drug-likeness (QED) is 0.307. The van der Waals surface area contributed by atoms with Crippen molar-refractivity contribution in [2.45, 2.75) is 56.8 Å². The molecule has 1 aromatic rings. The Balaban J connectivity index is 1.69. The van der Waals surface area contributed by atoms with Crippen LogP contribution in [0.4, 0.5) is 5.69 Å². The average Bonchev–Trinajstić information content (AvgIpc) is 3.69. The molecule has 0 aromatic heterocycles. The summed E-state index contributed by atoms with van der Waals surface area (Å²) in [4.78, 5) is 45.2. The van der Waals surface area contributed by atoms with E-state index < -0.39 is 58.0 Å². The minimum atomic E-state index is -2.64. The fourth-order valence-corrected chi connectivity index (χ4v) is 7.20. The zero-order valence-electron chi connectivity index (χ0n) is 23.6. The van der Waals surface area contributed by atoms with Gasteiger partial charge in [-0.2, -0.15) is 0 Å². The number of benzene rings is 1. The molecule has 0 bridgehead atoms. The van der Waals surface area contributed by atoms with Crippen molar-refractivity contribution in [1.82, 2.24) is 9.80 Å². The summed E-state index contributed by atoms with van der Waals surface area (Å²) in [6, 6.07) is 1.01. The molecule has 1 aromatic carbocycles. The van der Waals surface area contributed by atoms with Gasteiger partial charge in [-0.25, -0.2) is 0 Å². The summed E-state index contributed by atoms with van der Waals surface area (Å²) in [7, 11) is 6.95. The van der Waals surface area contributed by atoms with E-state index in [1.54, 1.807) is 20.2 Å². The van der Waals surface area contributed by atoms with Crippen molar-refractivity contribution >= 4 is 28.9 Å². The monoisotopic (exact) mass is 554 g/mol. The van der Waals surface area contributed by atoms with Gasteiger partial charge in [-0.15, -0.1) is 0 Å². The number of amides is 1. The van der Waals surface area contributed by atoms with E-state index in [1.165, 1.54) is 4.90 Å². The summed E-state index contributed by atoms with van der Waals surface area (Å²) in [6.45, 7) is 3.57. The Bertz CT molecular complexity index is 1380. The first kappa shape index (κ1) is 28.1. The highest BCUT2D eigenvalue weighted by Crippen LogP contribution is 2.54. The van der Waals surface area contributed by atoms with E-state index in [0.717, 1.165) is 30.6 Å². The molecular weight excluding hydrogens is 516 g/mol. The van der Waals surface area contributed by atoms with Crippen LogP contribution >= 0.6 is 0 Å². The van der Waals surface area contributed by atoms with Gasteiger partial charge in [0.2, 0.25) is 5.78 Å². The minimum Gasteiger partial charge on any atom is -0.508 e. The third-order valence-corrected chi connectivity index (χ3v) is 9.06. The molecule has 11 nitrogen and oxygen atoms in total. The number of ketones is 2. The van der Waals surface area contributed by atoms with E-state index in [4.69, 9.17) is 5.73 Å². The summed E-state index contributed by atoms with van der Waals surface area (Å²) >= 11 is 0. The molecule has 11 heteroatoms. The van der Waals surface area contributed by atoms with Crippen LogP contribution in [0.2, 0.25) is 0 Å². The molecule has 5 rings (SSSR count). The van der Waals surface area contributed by atoms with Crippen molar-refractivity contribution in [3.63, 3.8) is 0 Å². The van der Waals surface area contributed by atoms with Crippen LogP contribution in [-0.4, -0.2) is 100 Å². The maximum absolute atomic E-state index is 14.0. The Labute approximate surface area is 233 Å². The third kappa shape index (κ3) is 3.93. The zero-order chi connectivity index (χ0) is 29.4. The first-order valence-corrected chi connectivity index (χ1v) is 13.7. The van der Waals surface area contributed by atoms with Gasteiger partial charge in [0, 0.05) is 43.9 Å². The number of phenols is 1. The van der Waals surface area contributed by atoms with Gasteiger partial charge in [0.05, 0.1) is 11.6 Å². The number of Topliss-reactive ketones (excluding diaryl/α,β-unsaturated/α-hetero) is 2. The molecule has 40 heavy (non-hydrogen) atoms. The molecule has 0 radical (unpaired) electrons. The number of anilines is 1. The van der Waals surface area contributed by atoms with Crippen LogP contribution < -0.4 is 10.6 Å². The topological polar surface area (TPSA) is 168 Å². The van der Waals surface area contributed by atoms with E-state index in [1.807, 2.05) is 19.0 Å². The highest BCUT2D eigenvalue weighted by Gasteiger charge is 2.64. The Hall–Kier alpha value is -3.41. The summed E-state index contributed by atoms with van der Waals surface area (Å²) < 4.78 is 0. The molecule has 4 aliphatic carbocycles. The van der Waals surface area contributed by atoms with Gasteiger partial charge < -0.3 is 31.1 Å². The molecular formula is C29H38N4O7. The predicted molar refractivity (Wildman–Crippen MR) is 148 cm³/mol. The standard InChI is InChI=1S/C29H38N4O7/c1-6-33(15-7-8-15)12-14-11-18(34)20-16(22(14)31(2)3)9-13-10-17-23(32(4)5)25(36)21(28(30)39)27(38)29(17,40)26(37)19(13)24(20)35/h11,13,15,17,23,34-35,38,40H,6-10,12H2,1-5H3,(H2,30,39)/t13-,17-,23-,29-/m0/s1. The van der Waals surface area contributed by atoms with Crippen molar-refractivity contribution in [2.75, 3.05) is 39.6 Å². The minimum absolute atomic E-state index is 0.0623. The molecule has 2 saturated carbocycles. The van der Waals surface area contributed by atoms with Crippen LogP contribution in [0.3, 0.4) is 0 Å². The number of nitrogens with two attached hydrogens (primary N) is 1. The largest absolute Gasteiger partial charge is 0.508 e. The number of fused-ring (bicyclic) bond motifs is 3. The van der Waals surface area contributed by atoms with Gasteiger partial charge in [0.25, 0.3) is 5.91 Å². The van der Waals surface area contributed by atoms with Gasteiger partial charge >= 0.3 is 0 Å². The fourth-order valence-electron chi connectivity index (χ4n) is 7.20. The molecule has 0 spiro atoms. The van der Waals surface area contributed by atoms with Gasteiger partial charge in [-0.3, -0.25) is 24.2 Å². The summed E-state index contributed by atoms with van der Waals surface area (Å²) in [6.07, 6.45) is 2.59. The molecule has 0 heterocycles. The van der Waals surface area contributed by atoms with E-state index in [0.29, 0.717) is 18.2 Å². The maximum Gasteiger partial charge on any atom is 0.255 e. The van der Waals surface area contributed by atoms with Crippen molar-refractivity contribution < 1.29 is 34.8 Å². The lowest BCUT2D eigenvalue weighted by atomic mass is 9.57. The number of phenolic OH excluding ortho intramolecular Hbond substituents is 1. The van der Waals surface area contributed by atoms with Crippen molar-refractivity contribution in [3.05, 3.63) is 39.7 Å². The number of rotatable bonds is 7. The smallest absolute Gasteiger partial charge is 0.255 e. The van der Waals surface area contributed by atoms with Crippen LogP contribution in [0, 0.1) is 11.8 Å². The second kappa shape index (κ2) is 9.60. The normalized spacial score (nSPS) is 28.1. The van der Waals surface area contributed by atoms with E-state index in [9.17, 15) is 34.8 Å². The fraction of sp³-hybridized carbons (Fsp3) is 0.552. The second-order valence-corrected chi connectivity index (χ2v) is 11.9. The van der Waals surface area contributed by atoms with Crippen LogP contribution in [0.15, 0.2) is 23.0 Å². The molecule has 4 atom stereocenters. The molecule has 0 saturated heterocycles. The average molecular weight is 555 g/mol. The Morgan fingerprint density at radius 3 is 2.30 bits per heavy atom. The van der Waals surface area contributed by atoms with Crippen molar-refractivity contribution in [3.8, 4) is 5.75 Å².